The van der Waals surface area contributed by atoms with E-state index < -0.39 is 0 Å². The van der Waals surface area contributed by atoms with Crippen LogP contribution in [0.25, 0.3) is 0 Å². The second-order valence-corrected chi connectivity index (χ2v) is 4.85. The first kappa shape index (κ1) is 11.6. The Hall–Kier alpha value is -0.890. The summed E-state index contributed by atoms with van der Waals surface area (Å²) in [4.78, 5) is 6.68. The molecule has 1 aromatic rings. The van der Waals surface area contributed by atoms with Gasteiger partial charge in [-0.2, -0.15) is 0 Å². The molecule has 1 fully saturated rings. The first-order valence-electron chi connectivity index (χ1n) is 6.49. The third-order valence-electron chi connectivity index (χ3n) is 3.22. The van der Waals surface area contributed by atoms with E-state index in [-0.39, 0.29) is 0 Å². The molecule has 2 heteroatoms. The van der Waals surface area contributed by atoms with Gasteiger partial charge in [0.2, 0.25) is 0 Å². The van der Waals surface area contributed by atoms with Crippen LogP contribution in [0.1, 0.15) is 31.7 Å². The van der Waals surface area contributed by atoms with Gasteiger partial charge < -0.3 is 4.90 Å². The highest BCUT2D eigenvalue weighted by molar-refractivity contribution is 5.09. The zero-order valence-electron chi connectivity index (χ0n) is 10.2. The van der Waals surface area contributed by atoms with Crippen molar-refractivity contribution in [2.75, 3.05) is 19.6 Å². The molecule has 1 aromatic heterocycles. The number of pyridine rings is 1. The van der Waals surface area contributed by atoms with E-state index in [0.717, 1.165) is 12.3 Å². The van der Waals surface area contributed by atoms with Gasteiger partial charge >= 0.3 is 0 Å². The van der Waals surface area contributed by atoms with Crippen LogP contribution in [0, 0.1) is 5.92 Å². The van der Waals surface area contributed by atoms with Crippen LogP contribution >= 0.6 is 0 Å². The second kappa shape index (κ2) is 6.00. The first-order chi connectivity index (χ1) is 7.88. The van der Waals surface area contributed by atoms with Crippen LogP contribution in [0.4, 0.5) is 0 Å². The summed E-state index contributed by atoms with van der Waals surface area (Å²) >= 11 is 0. The maximum atomic E-state index is 4.05. The van der Waals surface area contributed by atoms with E-state index in [9.17, 15) is 0 Å². The number of hydrogen-bond acceptors (Lipinski definition) is 2. The Morgan fingerprint density at radius 3 is 2.62 bits per heavy atom. The molecule has 2 nitrogen and oxygen atoms in total. The lowest BCUT2D eigenvalue weighted by atomic mass is 10.2. The molecule has 0 radical (unpaired) electrons. The van der Waals surface area contributed by atoms with Crippen LogP contribution in [-0.4, -0.2) is 29.5 Å². The summed E-state index contributed by atoms with van der Waals surface area (Å²) in [7, 11) is 0. The third kappa shape index (κ3) is 3.93. The molecule has 0 saturated heterocycles. The van der Waals surface area contributed by atoms with E-state index in [2.05, 4.69) is 28.9 Å². The lowest BCUT2D eigenvalue weighted by Gasteiger charge is -2.21. The van der Waals surface area contributed by atoms with Crippen molar-refractivity contribution in [2.24, 2.45) is 5.92 Å². The highest BCUT2D eigenvalue weighted by atomic mass is 15.1. The van der Waals surface area contributed by atoms with Crippen molar-refractivity contribution in [2.45, 2.75) is 32.6 Å². The standard InChI is InChI=1S/C14H22N2/c1-2-10-16(12-14-3-4-14)11-7-13-5-8-15-9-6-13/h5-6,8-9,14H,2-4,7,10-12H2,1H3. The van der Waals surface area contributed by atoms with E-state index >= 15 is 0 Å². The zero-order valence-corrected chi connectivity index (χ0v) is 10.2. The molecule has 2 rings (SSSR count). The Labute approximate surface area is 98.7 Å². The summed E-state index contributed by atoms with van der Waals surface area (Å²) in [5.41, 5.74) is 1.41. The monoisotopic (exact) mass is 218 g/mol. The molecule has 1 saturated carbocycles. The number of hydrogen-bond donors (Lipinski definition) is 0. The van der Waals surface area contributed by atoms with Gasteiger partial charge in [0.1, 0.15) is 0 Å². The number of aromatic nitrogens is 1. The average Bonchev–Trinajstić information content (AvgIpc) is 3.12. The summed E-state index contributed by atoms with van der Waals surface area (Å²) < 4.78 is 0. The smallest absolute Gasteiger partial charge is 0.0270 e. The zero-order chi connectivity index (χ0) is 11.2. The van der Waals surface area contributed by atoms with Gasteiger partial charge in [-0.05, 0) is 55.8 Å². The Bertz CT molecular complexity index is 293. The van der Waals surface area contributed by atoms with Crippen LogP contribution in [0.2, 0.25) is 0 Å². The molecule has 0 aromatic carbocycles. The minimum Gasteiger partial charge on any atom is -0.303 e. The Morgan fingerprint density at radius 1 is 1.25 bits per heavy atom. The lowest BCUT2D eigenvalue weighted by Crippen LogP contribution is -2.29. The van der Waals surface area contributed by atoms with Gasteiger partial charge in [0.05, 0.1) is 0 Å². The van der Waals surface area contributed by atoms with E-state index in [1.807, 2.05) is 12.4 Å². The predicted octanol–water partition coefficient (Wildman–Crippen LogP) is 2.75. The summed E-state index contributed by atoms with van der Waals surface area (Å²) in [6, 6.07) is 4.25. The molecule has 1 aliphatic carbocycles. The number of rotatable bonds is 7. The maximum absolute atomic E-state index is 4.05. The quantitative estimate of drug-likeness (QED) is 0.699. The fraction of sp³-hybridized carbons (Fsp3) is 0.643. The molecular weight excluding hydrogens is 196 g/mol. The highest BCUT2D eigenvalue weighted by Crippen LogP contribution is 2.29. The summed E-state index contributed by atoms with van der Waals surface area (Å²) in [6.07, 6.45) is 9.12. The van der Waals surface area contributed by atoms with Gasteiger partial charge in [-0.1, -0.05) is 6.92 Å². The fourth-order valence-corrected chi connectivity index (χ4v) is 2.11. The van der Waals surface area contributed by atoms with Gasteiger partial charge in [0.25, 0.3) is 0 Å². The van der Waals surface area contributed by atoms with Crippen LogP contribution in [0.5, 0.6) is 0 Å². The summed E-state index contributed by atoms with van der Waals surface area (Å²) in [5.74, 6) is 1.00. The molecule has 0 atom stereocenters. The topological polar surface area (TPSA) is 16.1 Å². The molecule has 88 valence electrons. The van der Waals surface area contributed by atoms with E-state index in [1.165, 1.54) is 44.5 Å². The average molecular weight is 218 g/mol. The summed E-state index contributed by atoms with van der Waals surface area (Å²) in [6.45, 7) is 6.04. The van der Waals surface area contributed by atoms with Crippen molar-refractivity contribution in [3.63, 3.8) is 0 Å². The van der Waals surface area contributed by atoms with Crippen molar-refractivity contribution in [3.8, 4) is 0 Å². The SMILES string of the molecule is CCCN(CCc1ccncc1)CC1CC1. The molecule has 0 aliphatic heterocycles. The van der Waals surface area contributed by atoms with Crippen LogP contribution in [0.15, 0.2) is 24.5 Å². The normalized spacial score (nSPS) is 15.6. The minimum absolute atomic E-state index is 1.00. The molecule has 0 spiro atoms. The lowest BCUT2D eigenvalue weighted by molar-refractivity contribution is 0.266. The molecular formula is C14H22N2. The van der Waals surface area contributed by atoms with Gasteiger partial charge in [0.15, 0.2) is 0 Å². The second-order valence-electron chi connectivity index (χ2n) is 4.85. The van der Waals surface area contributed by atoms with Crippen molar-refractivity contribution in [1.29, 1.82) is 0 Å². The molecule has 0 unspecified atom stereocenters. The highest BCUT2D eigenvalue weighted by Gasteiger charge is 2.23. The molecule has 0 amide bonds. The minimum atomic E-state index is 1.00. The molecule has 16 heavy (non-hydrogen) atoms. The maximum Gasteiger partial charge on any atom is 0.0270 e. The van der Waals surface area contributed by atoms with Crippen molar-refractivity contribution >= 4 is 0 Å². The van der Waals surface area contributed by atoms with Gasteiger partial charge in [-0.25, -0.2) is 0 Å². The number of nitrogens with zero attached hydrogens (tertiary/aromatic N) is 2. The van der Waals surface area contributed by atoms with Gasteiger partial charge in [0, 0.05) is 25.5 Å². The molecule has 1 aliphatic rings. The third-order valence-corrected chi connectivity index (χ3v) is 3.22. The Morgan fingerprint density at radius 2 is 2.00 bits per heavy atom. The van der Waals surface area contributed by atoms with Gasteiger partial charge in [-0.3, -0.25) is 4.98 Å². The Balaban J connectivity index is 1.76. The summed E-state index contributed by atoms with van der Waals surface area (Å²) in [5, 5.41) is 0. The van der Waals surface area contributed by atoms with Crippen molar-refractivity contribution < 1.29 is 0 Å². The van der Waals surface area contributed by atoms with Crippen molar-refractivity contribution in [3.05, 3.63) is 30.1 Å². The molecule has 0 N–H and O–H groups in total. The van der Waals surface area contributed by atoms with E-state index in [1.54, 1.807) is 0 Å². The molecule has 1 heterocycles. The predicted molar refractivity (Wildman–Crippen MR) is 67.4 cm³/mol. The van der Waals surface area contributed by atoms with Crippen LogP contribution in [0.3, 0.4) is 0 Å². The largest absolute Gasteiger partial charge is 0.303 e. The molecule has 0 bridgehead atoms. The van der Waals surface area contributed by atoms with E-state index in [0.29, 0.717) is 0 Å². The van der Waals surface area contributed by atoms with Crippen LogP contribution in [-0.2, 0) is 6.42 Å². The van der Waals surface area contributed by atoms with Crippen LogP contribution < -0.4 is 0 Å². The first-order valence-corrected chi connectivity index (χ1v) is 6.49. The Kier molecular flexibility index (Phi) is 4.34. The fourth-order valence-electron chi connectivity index (χ4n) is 2.11. The van der Waals surface area contributed by atoms with Crippen molar-refractivity contribution in [1.82, 2.24) is 9.88 Å². The van der Waals surface area contributed by atoms with E-state index in [4.69, 9.17) is 0 Å². The van der Waals surface area contributed by atoms with Gasteiger partial charge in [-0.15, -0.1) is 0 Å².